The Hall–Kier alpha value is -0.720. The van der Waals surface area contributed by atoms with Gasteiger partial charge in [0.05, 0.1) is 39.6 Å². The molecule has 0 bridgehead atoms. The minimum atomic E-state index is -0.472. The predicted octanol–water partition coefficient (Wildman–Crippen LogP) is 1.35. The molecule has 0 heterocycles. The number of alkyl halides is 1. The quantitative estimate of drug-likeness (QED) is 0.372. The summed E-state index contributed by atoms with van der Waals surface area (Å²) in [5.41, 5.74) is 0. The molecular weight excluding hydrogens is 243 g/mol. The smallest absolute Gasteiger partial charge is 0.305 e. The first-order chi connectivity index (χ1) is 8.81. The first-order valence-electron chi connectivity index (χ1n) is 6.26. The number of esters is 1. The molecular formula is C12H23FO5. The monoisotopic (exact) mass is 266 g/mol. The Morgan fingerprint density at radius 2 is 1.39 bits per heavy atom. The fraction of sp³-hybridized carbons (Fsp3) is 0.917. The Kier molecular flexibility index (Phi) is 13.8. The van der Waals surface area contributed by atoms with E-state index in [0.717, 1.165) is 6.42 Å². The summed E-state index contributed by atoms with van der Waals surface area (Å²) in [7, 11) is 0. The maximum atomic E-state index is 11.6. The van der Waals surface area contributed by atoms with Crippen molar-refractivity contribution in [2.75, 3.05) is 52.9 Å². The molecule has 0 aromatic heterocycles. The van der Waals surface area contributed by atoms with E-state index in [-0.39, 0.29) is 19.2 Å². The van der Waals surface area contributed by atoms with Crippen LogP contribution in [0.1, 0.15) is 19.8 Å². The van der Waals surface area contributed by atoms with E-state index in [9.17, 15) is 9.18 Å². The lowest BCUT2D eigenvalue weighted by molar-refractivity contribution is -0.145. The molecule has 6 heteroatoms. The van der Waals surface area contributed by atoms with E-state index in [2.05, 4.69) is 0 Å². The fourth-order valence-corrected chi connectivity index (χ4v) is 1.09. The van der Waals surface area contributed by atoms with Gasteiger partial charge in [-0.15, -0.1) is 0 Å². The largest absolute Gasteiger partial charge is 0.463 e. The molecule has 0 radical (unpaired) electrons. The highest BCUT2D eigenvalue weighted by Gasteiger charge is 1.99. The van der Waals surface area contributed by atoms with Crippen LogP contribution in [0.2, 0.25) is 0 Å². The minimum Gasteiger partial charge on any atom is -0.463 e. The lowest BCUT2D eigenvalue weighted by atomic mass is 10.3. The molecule has 0 atom stereocenters. The highest BCUT2D eigenvalue weighted by Crippen LogP contribution is 1.91. The molecule has 0 aliphatic heterocycles. The van der Waals surface area contributed by atoms with Crippen molar-refractivity contribution in [1.82, 2.24) is 0 Å². The van der Waals surface area contributed by atoms with Crippen molar-refractivity contribution in [3.05, 3.63) is 0 Å². The maximum absolute atomic E-state index is 11.6. The molecule has 0 aromatic rings. The molecule has 0 aliphatic carbocycles. The summed E-state index contributed by atoms with van der Waals surface area (Å²) in [5, 5.41) is 0. The molecule has 108 valence electrons. The van der Waals surface area contributed by atoms with Crippen LogP contribution in [0.4, 0.5) is 4.39 Å². The molecule has 0 saturated heterocycles. The van der Waals surface area contributed by atoms with Gasteiger partial charge < -0.3 is 18.9 Å². The average molecular weight is 266 g/mol. The average Bonchev–Trinajstić information content (AvgIpc) is 2.36. The lowest BCUT2D eigenvalue weighted by Gasteiger charge is -2.06. The van der Waals surface area contributed by atoms with Gasteiger partial charge in [0.25, 0.3) is 0 Å². The van der Waals surface area contributed by atoms with E-state index in [1.54, 1.807) is 0 Å². The van der Waals surface area contributed by atoms with Crippen LogP contribution in [-0.2, 0) is 23.7 Å². The van der Waals surface area contributed by atoms with Gasteiger partial charge in [0.1, 0.15) is 13.3 Å². The third kappa shape index (κ3) is 13.3. The summed E-state index contributed by atoms with van der Waals surface area (Å²) >= 11 is 0. The van der Waals surface area contributed by atoms with Gasteiger partial charge in [-0.25, -0.2) is 4.39 Å². The molecule has 0 N–H and O–H groups in total. The number of carbonyl (C=O) groups is 1. The Morgan fingerprint density at radius 3 is 1.89 bits per heavy atom. The fourth-order valence-electron chi connectivity index (χ4n) is 1.09. The zero-order valence-electron chi connectivity index (χ0n) is 11.0. The van der Waals surface area contributed by atoms with Gasteiger partial charge in [0.2, 0.25) is 0 Å². The number of carbonyl (C=O) groups excluding carboxylic acids is 1. The van der Waals surface area contributed by atoms with E-state index in [1.807, 2.05) is 6.92 Å². The van der Waals surface area contributed by atoms with Gasteiger partial charge in [-0.2, -0.15) is 0 Å². The van der Waals surface area contributed by atoms with E-state index < -0.39 is 6.67 Å². The van der Waals surface area contributed by atoms with Crippen LogP contribution >= 0.6 is 0 Å². The molecule has 0 aliphatic rings. The molecule has 0 amide bonds. The van der Waals surface area contributed by atoms with Crippen LogP contribution in [-0.4, -0.2) is 58.9 Å². The van der Waals surface area contributed by atoms with Crippen molar-refractivity contribution in [2.45, 2.75) is 19.8 Å². The van der Waals surface area contributed by atoms with Crippen LogP contribution in [0.5, 0.6) is 0 Å². The van der Waals surface area contributed by atoms with Gasteiger partial charge >= 0.3 is 5.97 Å². The van der Waals surface area contributed by atoms with Crippen LogP contribution in [0.25, 0.3) is 0 Å². The molecule has 18 heavy (non-hydrogen) atoms. The Bertz CT molecular complexity index is 189. The molecule has 0 spiro atoms. The van der Waals surface area contributed by atoms with E-state index in [1.165, 1.54) is 0 Å². The van der Waals surface area contributed by atoms with E-state index >= 15 is 0 Å². The van der Waals surface area contributed by atoms with E-state index in [0.29, 0.717) is 39.5 Å². The van der Waals surface area contributed by atoms with Crippen molar-refractivity contribution < 1.29 is 28.1 Å². The molecule has 0 unspecified atom stereocenters. The summed E-state index contributed by atoms with van der Waals surface area (Å²) in [6.45, 7) is 3.91. The van der Waals surface area contributed by atoms with Crippen LogP contribution in [0, 0.1) is 0 Å². The number of halogens is 1. The Balaban J connectivity index is 3.01. The molecule has 0 rings (SSSR count). The Labute approximate surface area is 108 Å². The second-order valence-corrected chi connectivity index (χ2v) is 3.50. The highest BCUT2D eigenvalue weighted by molar-refractivity contribution is 5.69. The highest BCUT2D eigenvalue weighted by atomic mass is 19.1. The third-order valence-electron chi connectivity index (χ3n) is 1.91. The second-order valence-electron chi connectivity index (χ2n) is 3.50. The zero-order chi connectivity index (χ0) is 13.5. The predicted molar refractivity (Wildman–Crippen MR) is 64.3 cm³/mol. The van der Waals surface area contributed by atoms with Gasteiger partial charge in [-0.1, -0.05) is 6.92 Å². The lowest BCUT2D eigenvalue weighted by Crippen LogP contribution is -2.14. The standard InChI is InChI=1S/C12H23FO5/c1-2-3-12(14)18-11-10-17-9-8-16-7-6-15-5-4-13/h2-11H2,1H3. The van der Waals surface area contributed by atoms with Crippen LogP contribution in [0.15, 0.2) is 0 Å². The summed E-state index contributed by atoms with van der Waals surface area (Å²) in [6, 6.07) is 0. The minimum absolute atomic E-state index is 0.114. The first-order valence-corrected chi connectivity index (χ1v) is 6.26. The zero-order valence-corrected chi connectivity index (χ0v) is 11.0. The third-order valence-corrected chi connectivity index (χ3v) is 1.91. The number of rotatable bonds is 13. The van der Waals surface area contributed by atoms with Crippen molar-refractivity contribution in [3.8, 4) is 0 Å². The van der Waals surface area contributed by atoms with Crippen LogP contribution in [0.3, 0.4) is 0 Å². The van der Waals surface area contributed by atoms with Crippen LogP contribution < -0.4 is 0 Å². The summed E-state index contributed by atoms with van der Waals surface area (Å²) in [4.78, 5) is 11.0. The van der Waals surface area contributed by atoms with Crippen molar-refractivity contribution in [1.29, 1.82) is 0 Å². The van der Waals surface area contributed by atoms with Gasteiger partial charge in [0, 0.05) is 6.42 Å². The van der Waals surface area contributed by atoms with Crippen molar-refractivity contribution in [3.63, 3.8) is 0 Å². The van der Waals surface area contributed by atoms with Crippen molar-refractivity contribution in [2.24, 2.45) is 0 Å². The summed E-state index contributed by atoms with van der Waals surface area (Å²) in [6.07, 6.45) is 1.24. The van der Waals surface area contributed by atoms with Gasteiger partial charge in [-0.3, -0.25) is 4.79 Å². The molecule has 0 saturated carbocycles. The Morgan fingerprint density at radius 1 is 0.889 bits per heavy atom. The summed E-state index contributed by atoms with van der Waals surface area (Å²) in [5.74, 6) is -0.192. The second kappa shape index (κ2) is 14.3. The normalized spacial score (nSPS) is 10.6. The topological polar surface area (TPSA) is 54.0 Å². The SMILES string of the molecule is CCCC(=O)OCCOCCOCCOCCF. The first kappa shape index (κ1) is 17.3. The number of ether oxygens (including phenoxy) is 4. The van der Waals surface area contributed by atoms with Gasteiger partial charge in [-0.05, 0) is 6.42 Å². The van der Waals surface area contributed by atoms with E-state index in [4.69, 9.17) is 18.9 Å². The number of hydrogen-bond donors (Lipinski definition) is 0. The summed E-state index contributed by atoms with van der Waals surface area (Å²) < 4.78 is 31.8. The molecule has 5 nitrogen and oxygen atoms in total. The maximum Gasteiger partial charge on any atom is 0.305 e. The number of hydrogen-bond acceptors (Lipinski definition) is 5. The van der Waals surface area contributed by atoms with Crippen molar-refractivity contribution >= 4 is 5.97 Å². The molecule has 0 fully saturated rings. The van der Waals surface area contributed by atoms with Gasteiger partial charge in [0.15, 0.2) is 0 Å². The molecule has 0 aromatic carbocycles.